The molecule has 0 bridgehead atoms. The van der Waals surface area contributed by atoms with E-state index in [2.05, 4.69) is 31.2 Å². The molecule has 4 rings (SSSR count). The molecular weight excluding hydrogens is 346 g/mol. The molecule has 28 heavy (non-hydrogen) atoms. The van der Waals surface area contributed by atoms with Crippen LogP contribution in [0.3, 0.4) is 0 Å². The SMILES string of the molecule is CCCCN.O=C(O)c1cccc2c1C(Cc1ccccc1)c1ccccc1-2. The van der Waals surface area contributed by atoms with Crippen LogP contribution < -0.4 is 5.73 Å². The molecule has 0 heterocycles. The van der Waals surface area contributed by atoms with Crippen molar-refractivity contribution >= 4 is 5.97 Å². The maximum absolute atomic E-state index is 11.7. The lowest BCUT2D eigenvalue weighted by atomic mass is 9.87. The van der Waals surface area contributed by atoms with E-state index >= 15 is 0 Å². The highest BCUT2D eigenvalue weighted by Crippen LogP contribution is 2.47. The van der Waals surface area contributed by atoms with Crippen LogP contribution >= 0.6 is 0 Å². The third-order valence-corrected chi connectivity index (χ3v) is 5.15. The molecule has 0 fully saturated rings. The summed E-state index contributed by atoms with van der Waals surface area (Å²) >= 11 is 0. The second kappa shape index (κ2) is 9.34. The van der Waals surface area contributed by atoms with Crippen molar-refractivity contribution in [3.8, 4) is 11.1 Å². The van der Waals surface area contributed by atoms with Gasteiger partial charge >= 0.3 is 5.97 Å². The van der Waals surface area contributed by atoms with Crippen LogP contribution in [0.5, 0.6) is 0 Å². The first-order chi connectivity index (χ1) is 13.7. The standard InChI is InChI=1S/C21H16O2.C4H11N/c22-21(23)18-12-6-11-17-15-9-4-5-10-16(15)19(20(17)18)13-14-7-2-1-3-8-14;1-2-3-4-5/h1-12,19H,13H2,(H,22,23);2-5H2,1H3. The van der Waals surface area contributed by atoms with Crippen molar-refractivity contribution in [2.24, 2.45) is 5.73 Å². The average molecular weight is 373 g/mol. The lowest BCUT2D eigenvalue weighted by molar-refractivity contribution is 0.0695. The van der Waals surface area contributed by atoms with Crippen molar-refractivity contribution < 1.29 is 9.90 Å². The van der Waals surface area contributed by atoms with Gasteiger partial charge in [-0.1, -0.05) is 80.1 Å². The van der Waals surface area contributed by atoms with Gasteiger partial charge in [0.2, 0.25) is 0 Å². The Labute approximate surface area is 166 Å². The second-order valence-electron chi connectivity index (χ2n) is 7.04. The molecule has 3 N–H and O–H groups in total. The third-order valence-electron chi connectivity index (χ3n) is 5.15. The summed E-state index contributed by atoms with van der Waals surface area (Å²) in [6.45, 7) is 2.98. The van der Waals surface area contributed by atoms with Gasteiger partial charge in [0, 0.05) is 5.92 Å². The summed E-state index contributed by atoms with van der Waals surface area (Å²) in [5.41, 5.74) is 11.2. The number of carboxylic acids is 1. The molecule has 3 aromatic carbocycles. The number of unbranched alkanes of at least 4 members (excludes halogenated alkanes) is 1. The monoisotopic (exact) mass is 373 g/mol. The summed E-state index contributed by atoms with van der Waals surface area (Å²) in [5, 5.41) is 9.61. The van der Waals surface area contributed by atoms with Gasteiger partial charge in [-0.15, -0.1) is 0 Å². The van der Waals surface area contributed by atoms with E-state index in [1.54, 1.807) is 6.07 Å². The van der Waals surface area contributed by atoms with Crippen LogP contribution in [0.25, 0.3) is 11.1 Å². The van der Waals surface area contributed by atoms with E-state index in [0.29, 0.717) is 5.56 Å². The zero-order valence-corrected chi connectivity index (χ0v) is 16.3. The minimum atomic E-state index is -0.854. The molecule has 1 atom stereocenters. The van der Waals surface area contributed by atoms with Crippen LogP contribution in [0.2, 0.25) is 0 Å². The summed E-state index contributed by atoms with van der Waals surface area (Å²) in [7, 11) is 0. The Balaban J connectivity index is 0.000000403. The van der Waals surface area contributed by atoms with Gasteiger partial charge in [-0.3, -0.25) is 0 Å². The molecule has 3 aromatic rings. The van der Waals surface area contributed by atoms with E-state index in [1.807, 2.05) is 42.5 Å². The molecule has 1 unspecified atom stereocenters. The third kappa shape index (κ3) is 4.15. The molecule has 3 nitrogen and oxygen atoms in total. The van der Waals surface area contributed by atoms with E-state index in [0.717, 1.165) is 29.7 Å². The Bertz CT molecular complexity index is 932. The fourth-order valence-electron chi connectivity index (χ4n) is 3.83. The predicted molar refractivity (Wildman–Crippen MR) is 115 cm³/mol. The molecule has 0 saturated carbocycles. The van der Waals surface area contributed by atoms with Crippen LogP contribution in [-0.4, -0.2) is 17.6 Å². The number of hydrogen-bond acceptors (Lipinski definition) is 2. The first kappa shape index (κ1) is 19.8. The zero-order valence-electron chi connectivity index (χ0n) is 16.3. The van der Waals surface area contributed by atoms with Crippen LogP contribution in [-0.2, 0) is 6.42 Å². The number of aromatic carboxylic acids is 1. The first-order valence-corrected chi connectivity index (χ1v) is 9.86. The highest BCUT2D eigenvalue weighted by molar-refractivity contribution is 5.95. The molecular formula is C25H27NO2. The number of carboxylic acid groups (broad SMARTS) is 1. The summed E-state index contributed by atoms with van der Waals surface area (Å²) < 4.78 is 0. The highest BCUT2D eigenvalue weighted by Gasteiger charge is 2.32. The minimum absolute atomic E-state index is 0.0934. The Morgan fingerprint density at radius 2 is 1.61 bits per heavy atom. The maximum Gasteiger partial charge on any atom is 0.336 e. The summed E-state index contributed by atoms with van der Waals surface area (Å²) in [6, 6.07) is 24.1. The normalized spacial score (nSPS) is 13.9. The van der Waals surface area contributed by atoms with E-state index in [1.165, 1.54) is 24.0 Å². The Kier molecular flexibility index (Phi) is 6.62. The Morgan fingerprint density at radius 3 is 2.25 bits per heavy atom. The highest BCUT2D eigenvalue weighted by atomic mass is 16.4. The van der Waals surface area contributed by atoms with Gasteiger partial charge in [0.25, 0.3) is 0 Å². The zero-order chi connectivity index (χ0) is 19.9. The van der Waals surface area contributed by atoms with Gasteiger partial charge in [-0.2, -0.15) is 0 Å². The van der Waals surface area contributed by atoms with Crippen molar-refractivity contribution in [1.82, 2.24) is 0 Å². The van der Waals surface area contributed by atoms with Gasteiger partial charge in [0.1, 0.15) is 0 Å². The van der Waals surface area contributed by atoms with Gasteiger partial charge in [0.15, 0.2) is 0 Å². The largest absolute Gasteiger partial charge is 0.478 e. The summed E-state index contributed by atoms with van der Waals surface area (Å²) in [5.74, 6) is -0.761. The number of nitrogens with two attached hydrogens (primary N) is 1. The molecule has 0 radical (unpaired) electrons. The maximum atomic E-state index is 11.7. The van der Waals surface area contributed by atoms with Crippen LogP contribution in [0.15, 0.2) is 72.8 Å². The van der Waals surface area contributed by atoms with Crippen molar-refractivity contribution in [3.05, 3.63) is 95.1 Å². The second-order valence-corrected chi connectivity index (χ2v) is 7.04. The summed E-state index contributed by atoms with van der Waals surface area (Å²) in [6.07, 6.45) is 3.20. The molecule has 0 saturated heterocycles. The Morgan fingerprint density at radius 1 is 0.929 bits per heavy atom. The number of carbonyl (C=O) groups is 1. The van der Waals surface area contributed by atoms with Crippen LogP contribution in [0.1, 0.15) is 52.7 Å². The summed E-state index contributed by atoms with van der Waals surface area (Å²) in [4.78, 5) is 11.7. The van der Waals surface area contributed by atoms with Gasteiger partial charge < -0.3 is 10.8 Å². The first-order valence-electron chi connectivity index (χ1n) is 9.86. The van der Waals surface area contributed by atoms with Gasteiger partial charge in [0.05, 0.1) is 5.56 Å². The number of hydrogen-bond donors (Lipinski definition) is 2. The smallest absolute Gasteiger partial charge is 0.336 e. The molecule has 0 spiro atoms. The molecule has 3 heteroatoms. The van der Waals surface area contributed by atoms with E-state index in [-0.39, 0.29) is 5.92 Å². The molecule has 1 aliphatic rings. The van der Waals surface area contributed by atoms with Gasteiger partial charge in [-0.05, 0) is 53.3 Å². The molecule has 1 aliphatic carbocycles. The number of benzene rings is 3. The van der Waals surface area contributed by atoms with E-state index < -0.39 is 5.97 Å². The fraction of sp³-hybridized carbons (Fsp3) is 0.240. The van der Waals surface area contributed by atoms with E-state index in [9.17, 15) is 9.90 Å². The fourth-order valence-corrected chi connectivity index (χ4v) is 3.83. The molecule has 144 valence electrons. The quantitative estimate of drug-likeness (QED) is 0.622. The van der Waals surface area contributed by atoms with Crippen molar-refractivity contribution in [3.63, 3.8) is 0 Å². The van der Waals surface area contributed by atoms with Crippen molar-refractivity contribution in [2.45, 2.75) is 32.1 Å². The molecule has 0 aromatic heterocycles. The van der Waals surface area contributed by atoms with Crippen LogP contribution in [0.4, 0.5) is 0 Å². The predicted octanol–water partition coefficient (Wildman–Crippen LogP) is 5.49. The lowest BCUT2D eigenvalue weighted by Gasteiger charge is -2.15. The number of fused-ring (bicyclic) bond motifs is 3. The molecule has 0 amide bonds. The Hall–Kier alpha value is -2.91. The lowest BCUT2D eigenvalue weighted by Crippen LogP contribution is -2.08. The van der Waals surface area contributed by atoms with Crippen LogP contribution in [0, 0.1) is 0 Å². The van der Waals surface area contributed by atoms with Crippen molar-refractivity contribution in [1.29, 1.82) is 0 Å². The minimum Gasteiger partial charge on any atom is -0.478 e. The number of rotatable bonds is 5. The topological polar surface area (TPSA) is 63.3 Å². The average Bonchev–Trinajstić information content (AvgIpc) is 3.04. The van der Waals surface area contributed by atoms with Crippen molar-refractivity contribution in [2.75, 3.05) is 6.54 Å². The van der Waals surface area contributed by atoms with E-state index in [4.69, 9.17) is 5.73 Å². The molecule has 0 aliphatic heterocycles. The van der Waals surface area contributed by atoms with Gasteiger partial charge in [-0.25, -0.2) is 4.79 Å².